The maximum atomic E-state index is 6.24. The van der Waals surface area contributed by atoms with Crippen molar-refractivity contribution in [3.8, 4) is 0 Å². The number of rotatable bonds is 5. The van der Waals surface area contributed by atoms with Crippen LogP contribution in [-0.2, 0) is 9.31 Å². The van der Waals surface area contributed by atoms with E-state index in [1.165, 1.54) is 27.6 Å². The molecule has 0 unspecified atom stereocenters. The van der Waals surface area contributed by atoms with Crippen molar-refractivity contribution in [1.82, 2.24) is 0 Å². The first-order valence-corrected chi connectivity index (χ1v) is 10.4. The number of benzene rings is 2. The van der Waals surface area contributed by atoms with Gasteiger partial charge in [-0.05, 0) is 51.6 Å². The molecular formula is C22H30B2N2O2. The average Bonchev–Trinajstić information content (AvgIpc) is 2.85. The van der Waals surface area contributed by atoms with E-state index in [4.69, 9.17) is 9.31 Å². The van der Waals surface area contributed by atoms with Crippen molar-refractivity contribution in [3.05, 3.63) is 47.8 Å². The number of nitrogens with one attached hydrogen (secondary N) is 2. The summed E-state index contributed by atoms with van der Waals surface area (Å²) in [5, 5.41) is 9.90. The van der Waals surface area contributed by atoms with E-state index in [1.54, 1.807) is 0 Å². The Morgan fingerprint density at radius 3 is 2.07 bits per heavy atom. The molecule has 0 atom stereocenters. The first kappa shape index (κ1) is 19.4. The summed E-state index contributed by atoms with van der Waals surface area (Å²) in [6.45, 7) is 10.7. The Bertz CT molecular complexity index is 854. The van der Waals surface area contributed by atoms with Gasteiger partial charge in [-0.2, -0.15) is 0 Å². The third-order valence-electron chi connectivity index (χ3n) is 6.32. The second kappa shape index (κ2) is 7.16. The van der Waals surface area contributed by atoms with Crippen LogP contribution in [0.15, 0.2) is 47.8 Å². The third kappa shape index (κ3) is 3.44. The topological polar surface area (TPSA) is 42.5 Å². The van der Waals surface area contributed by atoms with E-state index in [0.29, 0.717) is 0 Å². The van der Waals surface area contributed by atoms with E-state index in [-0.39, 0.29) is 25.3 Å². The second-order valence-electron chi connectivity index (χ2n) is 8.90. The Morgan fingerprint density at radius 2 is 1.54 bits per heavy atom. The number of allylic oxidation sites excluding steroid dienone is 1. The second-order valence-corrected chi connectivity index (χ2v) is 8.90. The molecule has 0 amide bonds. The molecule has 0 aliphatic carbocycles. The zero-order valence-corrected chi connectivity index (χ0v) is 17.6. The first-order chi connectivity index (χ1) is 13.3. The highest BCUT2D eigenvalue weighted by molar-refractivity contribution is 6.76. The predicted octanol–water partition coefficient (Wildman–Crippen LogP) is 5.45. The van der Waals surface area contributed by atoms with Crippen LogP contribution >= 0.6 is 0 Å². The van der Waals surface area contributed by atoms with E-state index in [2.05, 4.69) is 87.4 Å². The van der Waals surface area contributed by atoms with Crippen LogP contribution in [0.3, 0.4) is 0 Å². The molecule has 2 aliphatic heterocycles. The van der Waals surface area contributed by atoms with Gasteiger partial charge >= 0.3 is 14.1 Å². The lowest BCUT2D eigenvalue weighted by Crippen LogP contribution is -2.41. The number of unbranched alkanes of at least 4 members (excludes halogenated alkanes) is 1. The summed E-state index contributed by atoms with van der Waals surface area (Å²) in [4.78, 5) is 0. The SMILES string of the molecule is CCCC/C(=C/B1OC(C)(C)C(C)(C)O1)B1Nc2cccc3cccc(c23)N1. The van der Waals surface area contributed by atoms with Gasteiger partial charge in [0.15, 0.2) is 0 Å². The molecule has 6 heteroatoms. The highest BCUT2D eigenvalue weighted by atomic mass is 16.7. The number of hydrogen-bond donors (Lipinski definition) is 2. The minimum absolute atomic E-state index is 0.0334. The normalized spacial score (nSPS) is 20.2. The van der Waals surface area contributed by atoms with Crippen LogP contribution in [0.4, 0.5) is 11.4 Å². The van der Waals surface area contributed by atoms with Crippen molar-refractivity contribution < 1.29 is 9.31 Å². The maximum Gasteiger partial charge on any atom is 0.486 e. The zero-order chi connectivity index (χ0) is 19.9. The van der Waals surface area contributed by atoms with Gasteiger partial charge < -0.3 is 19.8 Å². The fraction of sp³-hybridized carbons (Fsp3) is 0.455. The molecule has 0 bridgehead atoms. The summed E-state index contributed by atoms with van der Waals surface area (Å²) >= 11 is 0. The minimum Gasteiger partial charge on any atom is -0.405 e. The van der Waals surface area contributed by atoms with Gasteiger partial charge in [0.1, 0.15) is 0 Å². The molecule has 2 aromatic carbocycles. The van der Waals surface area contributed by atoms with Gasteiger partial charge in [-0.15, -0.1) is 0 Å². The monoisotopic (exact) mass is 376 g/mol. The van der Waals surface area contributed by atoms with Crippen LogP contribution in [0.5, 0.6) is 0 Å². The number of hydrogen-bond acceptors (Lipinski definition) is 4. The summed E-state index contributed by atoms with van der Waals surface area (Å²) in [7, 11) is -0.326. The highest BCUT2D eigenvalue weighted by Crippen LogP contribution is 2.38. The van der Waals surface area contributed by atoms with E-state index >= 15 is 0 Å². The van der Waals surface area contributed by atoms with Gasteiger partial charge in [-0.25, -0.2) is 0 Å². The molecular weight excluding hydrogens is 346 g/mol. The average molecular weight is 376 g/mol. The molecule has 2 N–H and O–H groups in total. The van der Waals surface area contributed by atoms with Crippen molar-refractivity contribution in [2.75, 3.05) is 10.5 Å². The van der Waals surface area contributed by atoms with Crippen LogP contribution in [0, 0.1) is 0 Å². The Balaban J connectivity index is 1.64. The largest absolute Gasteiger partial charge is 0.486 e. The maximum absolute atomic E-state index is 6.24. The van der Waals surface area contributed by atoms with Crippen molar-refractivity contribution in [2.24, 2.45) is 0 Å². The van der Waals surface area contributed by atoms with E-state index in [0.717, 1.165) is 19.3 Å². The lowest BCUT2D eigenvalue weighted by atomic mass is 9.60. The van der Waals surface area contributed by atoms with Crippen molar-refractivity contribution in [1.29, 1.82) is 0 Å². The Morgan fingerprint density at radius 1 is 0.964 bits per heavy atom. The molecule has 146 valence electrons. The molecule has 2 aromatic rings. The standard InChI is InChI=1S/C22H30B2N2O2/c1-6-7-12-17(15-23-27-21(2,3)22(4,5)28-23)24-25-18-13-8-10-16-11-9-14-19(26-24)20(16)18/h8-11,13-15,25-26H,6-7,12H2,1-5H3/b17-15-. The number of anilines is 2. The lowest BCUT2D eigenvalue weighted by molar-refractivity contribution is 0.00578. The Kier molecular flexibility index (Phi) is 4.96. The van der Waals surface area contributed by atoms with Crippen LogP contribution in [-0.4, -0.2) is 25.3 Å². The fourth-order valence-corrected chi connectivity index (χ4v) is 3.95. The first-order valence-electron chi connectivity index (χ1n) is 10.4. The molecule has 28 heavy (non-hydrogen) atoms. The molecule has 0 spiro atoms. The molecule has 1 fully saturated rings. The summed E-state index contributed by atoms with van der Waals surface area (Å²) < 4.78 is 12.5. The highest BCUT2D eigenvalue weighted by Gasteiger charge is 2.50. The van der Waals surface area contributed by atoms with Gasteiger partial charge in [0.2, 0.25) is 0 Å². The third-order valence-corrected chi connectivity index (χ3v) is 6.32. The van der Waals surface area contributed by atoms with Crippen molar-refractivity contribution in [2.45, 2.75) is 65.1 Å². The van der Waals surface area contributed by atoms with Crippen LogP contribution in [0.25, 0.3) is 10.8 Å². The minimum atomic E-state index is -0.326. The molecule has 2 aliphatic rings. The van der Waals surface area contributed by atoms with Crippen LogP contribution < -0.4 is 10.5 Å². The van der Waals surface area contributed by atoms with Crippen LogP contribution in [0.2, 0.25) is 0 Å². The Hall–Kier alpha value is -1.91. The zero-order valence-electron chi connectivity index (χ0n) is 17.6. The molecule has 0 saturated carbocycles. The van der Waals surface area contributed by atoms with E-state index < -0.39 is 0 Å². The van der Waals surface area contributed by atoms with Gasteiger partial charge in [-0.1, -0.05) is 55.5 Å². The smallest absolute Gasteiger partial charge is 0.405 e. The summed E-state index contributed by atoms with van der Waals surface area (Å²) in [5.74, 6) is 2.17. The molecule has 2 heterocycles. The molecule has 0 radical (unpaired) electrons. The van der Waals surface area contributed by atoms with Crippen LogP contribution in [0.1, 0.15) is 53.9 Å². The molecule has 0 aromatic heterocycles. The van der Waals surface area contributed by atoms with Gasteiger partial charge in [0.05, 0.1) is 11.2 Å². The van der Waals surface area contributed by atoms with Crippen molar-refractivity contribution >= 4 is 36.2 Å². The van der Waals surface area contributed by atoms with Gasteiger partial charge in [0.25, 0.3) is 0 Å². The van der Waals surface area contributed by atoms with Crippen molar-refractivity contribution in [3.63, 3.8) is 0 Å². The molecule has 4 rings (SSSR count). The fourth-order valence-electron chi connectivity index (χ4n) is 3.95. The predicted molar refractivity (Wildman–Crippen MR) is 121 cm³/mol. The Labute approximate surface area is 169 Å². The van der Waals surface area contributed by atoms with Gasteiger partial charge in [-0.3, -0.25) is 0 Å². The van der Waals surface area contributed by atoms with Gasteiger partial charge in [0, 0.05) is 16.8 Å². The lowest BCUT2D eigenvalue weighted by Gasteiger charge is -2.32. The summed E-state index contributed by atoms with van der Waals surface area (Å²) in [6, 6.07) is 12.9. The van der Waals surface area contributed by atoms with E-state index in [1.807, 2.05) is 0 Å². The van der Waals surface area contributed by atoms with E-state index in [9.17, 15) is 0 Å². The molecule has 4 nitrogen and oxygen atoms in total. The summed E-state index contributed by atoms with van der Waals surface area (Å²) in [5.41, 5.74) is 2.99. The quantitative estimate of drug-likeness (QED) is 0.681. The molecule has 1 saturated heterocycles. The summed E-state index contributed by atoms with van der Waals surface area (Å²) in [6.07, 6.45) is 3.29.